The molecule has 1 aromatic carbocycles. The first-order valence-electron chi connectivity index (χ1n) is 7.88. The number of aryl methyl sites for hydroxylation is 1. The van der Waals surface area contributed by atoms with E-state index in [1.54, 1.807) is 7.11 Å². The van der Waals surface area contributed by atoms with Gasteiger partial charge in [-0.3, -0.25) is 4.57 Å². The quantitative estimate of drug-likeness (QED) is 0.452. The molecule has 0 saturated heterocycles. The standard InChI is InChI=1S/C17H19N5O2S/c1-4-10-22-16(12-8-6-7-9-13(12)23-3)20-21-17(22)25-11-15-19-18-14(5-2)24-15/h4,6-9H,1,5,10-11H2,2-3H3. The number of hydrogen-bond acceptors (Lipinski definition) is 7. The lowest BCUT2D eigenvalue weighted by Crippen LogP contribution is -2.01. The topological polar surface area (TPSA) is 78.9 Å². The zero-order valence-electron chi connectivity index (χ0n) is 14.2. The number of nitrogens with zero attached hydrogens (tertiary/aromatic N) is 5. The fourth-order valence-corrected chi connectivity index (χ4v) is 3.12. The van der Waals surface area contributed by atoms with E-state index in [0.717, 1.165) is 28.7 Å². The van der Waals surface area contributed by atoms with Crippen LogP contribution in [0.1, 0.15) is 18.7 Å². The van der Waals surface area contributed by atoms with Gasteiger partial charge in [-0.05, 0) is 12.1 Å². The molecular formula is C17H19N5O2S. The maximum Gasteiger partial charge on any atom is 0.226 e. The van der Waals surface area contributed by atoms with Crippen molar-refractivity contribution in [1.82, 2.24) is 25.0 Å². The van der Waals surface area contributed by atoms with Crippen LogP contribution in [0.3, 0.4) is 0 Å². The van der Waals surface area contributed by atoms with Gasteiger partial charge in [-0.2, -0.15) is 0 Å². The minimum atomic E-state index is 0.536. The van der Waals surface area contributed by atoms with E-state index in [1.807, 2.05) is 41.8 Å². The highest BCUT2D eigenvalue weighted by Crippen LogP contribution is 2.31. The minimum absolute atomic E-state index is 0.536. The van der Waals surface area contributed by atoms with Crippen molar-refractivity contribution in [1.29, 1.82) is 0 Å². The third-order valence-electron chi connectivity index (χ3n) is 3.51. The lowest BCUT2D eigenvalue weighted by molar-refractivity contribution is 0.416. The Kier molecular flexibility index (Phi) is 5.49. The number of allylic oxidation sites excluding steroid dienone is 1. The van der Waals surface area contributed by atoms with Crippen LogP contribution in [0.25, 0.3) is 11.4 Å². The summed E-state index contributed by atoms with van der Waals surface area (Å²) in [5.41, 5.74) is 0.886. The first kappa shape index (κ1) is 17.2. The lowest BCUT2D eigenvalue weighted by Gasteiger charge is -2.10. The molecule has 0 aliphatic carbocycles. The molecule has 0 N–H and O–H groups in total. The largest absolute Gasteiger partial charge is 0.496 e. The second-order valence-corrected chi connectivity index (χ2v) is 6.08. The molecule has 0 amide bonds. The molecule has 0 bridgehead atoms. The summed E-state index contributed by atoms with van der Waals surface area (Å²) >= 11 is 1.50. The Morgan fingerprint density at radius 1 is 1.20 bits per heavy atom. The number of benzene rings is 1. The Morgan fingerprint density at radius 2 is 2.00 bits per heavy atom. The minimum Gasteiger partial charge on any atom is -0.496 e. The zero-order valence-corrected chi connectivity index (χ0v) is 15.0. The van der Waals surface area contributed by atoms with Crippen molar-refractivity contribution < 1.29 is 9.15 Å². The molecule has 0 spiro atoms. The Labute approximate surface area is 150 Å². The Balaban J connectivity index is 1.87. The van der Waals surface area contributed by atoms with Crippen LogP contribution in [-0.4, -0.2) is 32.1 Å². The normalized spacial score (nSPS) is 10.8. The van der Waals surface area contributed by atoms with Crippen LogP contribution in [0.2, 0.25) is 0 Å². The molecule has 3 rings (SSSR count). The molecule has 3 aromatic rings. The van der Waals surface area contributed by atoms with Gasteiger partial charge in [0, 0.05) is 13.0 Å². The average Bonchev–Trinajstić information content (AvgIpc) is 3.27. The summed E-state index contributed by atoms with van der Waals surface area (Å²) in [7, 11) is 1.64. The smallest absolute Gasteiger partial charge is 0.226 e. The summed E-state index contributed by atoms with van der Waals surface area (Å²) in [6.45, 7) is 6.40. The molecule has 2 aromatic heterocycles. The predicted molar refractivity (Wildman–Crippen MR) is 95.4 cm³/mol. The maximum absolute atomic E-state index is 5.54. The van der Waals surface area contributed by atoms with Crippen molar-refractivity contribution in [3.05, 3.63) is 48.7 Å². The summed E-state index contributed by atoms with van der Waals surface area (Å²) in [5.74, 6) is 3.24. The van der Waals surface area contributed by atoms with Gasteiger partial charge >= 0.3 is 0 Å². The molecule has 2 heterocycles. The van der Waals surface area contributed by atoms with Gasteiger partial charge in [-0.25, -0.2) is 0 Å². The molecule has 0 fully saturated rings. The van der Waals surface area contributed by atoms with Crippen LogP contribution in [0, 0.1) is 0 Å². The van der Waals surface area contributed by atoms with Crippen molar-refractivity contribution in [3.8, 4) is 17.1 Å². The van der Waals surface area contributed by atoms with Crippen LogP contribution in [0.5, 0.6) is 5.75 Å². The third-order valence-corrected chi connectivity index (χ3v) is 4.46. The fraction of sp³-hybridized carbons (Fsp3) is 0.294. The Hall–Kier alpha value is -2.61. The van der Waals surface area contributed by atoms with Crippen molar-refractivity contribution in [2.45, 2.75) is 30.8 Å². The van der Waals surface area contributed by atoms with Gasteiger partial charge in [0.2, 0.25) is 11.8 Å². The lowest BCUT2D eigenvalue weighted by atomic mass is 10.2. The SMILES string of the molecule is C=CCn1c(SCc2nnc(CC)o2)nnc1-c1ccccc1OC. The molecule has 0 aliphatic heterocycles. The summed E-state index contributed by atoms with van der Waals surface area (Å²) in [4.78, 5) is 0. The van der Waals surface area contributed by atoms with Gasteiger partial charge in [0.05, 0.1) is 18.4 Å². The number of thioether (sulfide) groups is 1. The van der Waals surface area contributed by atoms with E-state index in [-0.39, 0.29) is 0 Å². The second kappa shape index (κ2) is 7.98. The van der Waals surface area contributed by atoms with Crippen LogP contribution < -0.4 is 4.74 Å². The number of methoxy groups -OCH3 is 1. The van der Waals surface area contributed by atoms with Gasteiger partial charge in [0.1, 0.15) is 5.75 Å². The molecule has 0 saturated carbocycles. The summed E-state index contributed by atoms with van der Waals surface area (Å²) in [5, 5.41) is 17.4. The molecule has 0 atom stereocenters. The molecular weight excluding hydrogens is 338 g/mol. The maximum atomic E-state index is 5.54. The van der Waals surface area contributed by atoms with E-state index >= 15 is 0 Å². The van der Waals surface area contributed by atoms with E-state index in [4.69, 9.17) is 9.15 Å². The van der Waals surface area contributed by atoms with Gasteiger partial charge in [-0.15, -0.1) is 27.0 Å². The number of rotatable bonds is 8. The molecule has 130 valence electrons. The van der Waals surface area contributed by atoms with Crippen LogP contribution in [0.15, 0.2) is 46.5 Å². The second-order valence-electron chi connectivity index (χ2n) is 5.14. The van der Waals surface area contributed by atoms with Gasteiger partial charge in [0.15, 0.2) is 11.0 Å². The van der Waals surface area contributed by atoms with Crippen molar-refractivity contribution in [3.63, 3.8) is 0 Å². The van der Waals surface area contributed by atoms with Crippen molar-refractivity contribution in [2.75, 3.05) is 7.11 Å². The summed E-state index contributed by atoms with van der Waals surface area (Å²) < 4.78 is 13.0. The molecule has 8 heteroatoms. The number of ether oxygens (including phenoxy) is 1. The molecule has 25 heavy (non-hydrogen) atoms. The van der Waals surface area contributed by atoms with E-state index in [9.17, 15) is 0 Å². The molecule has 0 radical (unpaired) electrons. The van der Waals surface area contributed by atoms with Gasteiger partial charge in [-0.1, -0.05) is 36.9 Å². The number of aromatic nitrogens is 5. The average molecular weight is 357 g/mol. The molecule has 7 nitrogen and oxygen atoms in total. The first-order valence-corrected chi connectivity index (χ1v) is 8.86. The van der Waals surface area contributed by atoms with Crippen molar-refractivity contribution >= 4 is 11.8 Å². The van der Waals surface area contributed by atoms with E-state index in [1.165, 1.54) is 11.8 Å². The van der Waals surface area contributed by atoms with E-state index < -0.39 is 0 Å². The number of hydrogen-bond donors (Lipinski definition) is 0. The molecule has 0 unspecified atom stereocenters. The van der Waals surface area contributed by atoms with Crippen LogP contribution in [-0.2, 0) is 18.7 Å². The number of para-hydroxylation sites is 1. The van der Waals surface area contributed by atoms with Gasteiger partial charge < -0.3 is 9.15 Å². The highest BCUT2D eigenvalue weighted by atomic mass is 32.2. The van der Waals surface area contributed by atoms with Crippen LogP contribution in [0.4, 0.5) is 0 Å². The molecule has 0 aliphatic rings. The Morgan fingerprint density at radius 3 is 2.72 bits per heavy atom. The van der Waals surface area contributed by atoms with Crippen LogP contribution >= 0.6 is 11.8 Å². The van der Waals surface area contributed by atoms with E-state index in [0.29, 0.717) is 24.1 Å². The first-order chi connectivity index (χ1) is 12.3. The highest BCUT2D eigenvalue weighted by molar-refractivity contribution is 7.98. The monoisotopic (exact) mass is 357 g/mol. The van der Waals surface area contributed by atoms with Gasteiger partial charge in [0.25, 0.3) is 0 Å². The third kappa shape index (κ3) is 3.74. The highest BCUT2D eigenvalue weighted by Gasteiger charge is 2.17. The zero-order chi connectivity index (χ0) is 17.6. The van der Waals surface area contributed by atoms with E-state index in [2.05, 4.69) is 27.0 Å². The summed E-state index contributed by atoms with van der Waals surface area (Å²) in [6, 6.07) is 7.73. The van der Waals surface area contributed by atoms with Crippen molar-refractivity contribution in [2.24, 2.45) is 0 Å². The fourth-order valence-electron chi connectivity index (χ4n) is 2.33. The predicted octanol–water partition coefficient (Wildman–Crippen LogP) is 3.38. The Bertz CT molecular complexity index is 858. The summed E-state index contributed by atoms with van der Waals surface area (Å²) in [6.07, 6.45) is 2.54.